The summed E-state index contributed by atoms with van der Waals surface area (Å²) in [7, 11) is 0. The third-order valence-electron chi connectivity index (χ3n) is 4.88. The van der Waals surface area contributed by atoms with E-state index >= 15 is 0 Å². The smallest absolute Gasteiger partial charge is 0.262 e. The largest absolute Gasteiger partial charge is 0.484 e. The number of ether oxygens (including phenoxy) is 1. The molecule has 0 bridgehead atoms. The van der Waals surface area contributed by atoms with Crippen LogP contribution in [0.1, 0.15) is 25.3 Å². The molecule has 4 nitrogen and oxygen atoms in total. The molecule has 0 unspecified atom stereocenters. The fourth-order valence-corrected chi connectivity index (χ4v) is 4.01. The lowest BCUT2D eigenvalue weighted by atomic mass is 10.0. The van der Waals surface area contributed by atoms with Gasteiger partial charge in [0.05, 0.1) is 5.69 Å². The van der Waals surface area contributed by atoms with Crippen LogP contribution in [0.3, 0.4) is 0 Å². The van der Waals surface area contributed by atoms with Crippen molar-refractivity contribution in [2.45, 2.75) is 19.8 Å². The molecule has 5 heteroatoms. The van der Waals surface area contributed by atoms with Gasteiger partial charge in [-0.2, -0.15) is 0 Å². The molecule has 3 aromatic carbocycles. The minimum Gasteiger partial charge on any atom is -0.484 e. The van der Waals surface area contributed by atoms with Gasteiger partial charge in [-0.3, -0.25) is 4.79 Å². The summed E-state index contributed by atoms with van der Waals surface area (Å²) in [5.41, 5.74) is 4.91. The highest BCUT2D eigenvalue weighted by molar-refractivity contribution is 7.13. The molecule has 0 spiro atoms. The first kappa shape index (κ1) is 20.8. The molecule has 0 atom stereocenters. The van der Waals surface area contributed by atoms with Crippen molar-refractivity contribution in [3.05, 3.63) is 89.8 Å². The van der Waals surface area contributed by atoms with Gasteiger partial charge in [0.1, 0.15) is 10.8 Å². The highest BCUT2D eigenvalue weighted by atomic mass is 32.1. The number of nitrogens with zero attached hydrogens (tertiary/aromatic N) is 1. The monoisotopic (exact) mass is 428 g/mol. The van der Waals surface area contributed by atoms with Crippen LogP contribution in [0.2, 0.25) is 0 Å². The van der Waals surface area contributed by atoms with E-state index in [1.54, 1.807) is 11.3 Å². The van der Waals surface area contributed by atoms with E-state index in [2.05, 4.69) is 31.3 Å². The van der Waals surface area contributed by atoms with Crippen molar-refractivity contribution in [1.29, 1.82) is 0 Å². The Balaban J connectivity index is 1.38. The molecular weight excluding hydrogens is 404 g/mol. The second-order valence-corrected chi connectivity index (χ2v) is 8.40. The number of carbonyl (C=O) groups excluding carboxylic acids is 1. The summed E-state index contributed by atoms with van der Waals surface area (Å²) in [5.74, 6) is 0.948. The third-order valence-corrected chi connectivity index (χ3v) is 5.78. The lowest BCUT2D eigenvalue weighted by Gasteiger charge is -2.10. The van der Waals surface area contributed by atoms with Crippen LogP contribution in [-0.4, -0.2) is 17.5 Å². The summed E-state index contributed by atoms with van der Waals surface area (Å²) >= 11 is 1.61. The molecule has 0 aliphatic heterocycles. The van der Waals surface area contributed by atoms with Crippen LogP contribution in [0, 0.1) is 0 Å². The van der Waals surface area contributed by atoms with Crippen molar-refractivity contribution in [1.82, 2.24) is 4.98 Å². The lowest BCUT2D eigenvalue weighted by Crippen LogP contribution is -2.20. The normalized spacial score (nSPS) is 10.8. The molecule has 4 rings (SSSR count). The van der Waals surface area contributed by atoms with Crippen molar-refractivity contribution >= 4 is 22.9 Å². The Labute approximate surface area is 186 Å². The molecule has 0 aliphatic carbocycles. The predicted octanol–water partition coefficient (Wildman–Crippen LogP) is 6.62. The van der Waals surface area contributed by atoms with Crippen LogP contribution < -0.4 is 10.1 Å². The molecule has 31 heavy (non-hydrogen) atoms. The molecule has 1 aromatic heterocycles. The Morgan fingerprint density at radius 2 is 1.71 bits per heavy atom. The minimum absolute atomic E-state index is 0.0416. The van der Waals surface area contributed by atoms with Crippen LogP contribution in [0.4, 0.5) is 5.69 Å². The zero-order chi connectivity index (χ0) is 21.6. The molecule has 0 saturated carbocycles. The highest BCUT2D eigenvalue weighted by Gasteiger charge is 2.09. The molecule has 1 N–H and O–H groups in total. The quantitative estimate of drug-likeness (QED) is 0.360. The topological polar surface area (TPSA) is 51.2 Å². The Hall–Kier alpha value is -3.44. The summed E-state index contributed by atoms with van der Waals surface area (Å²) in [6.45, 7) is 4.25. The molecule has 0 saturated heterocycles. The van der Waals surface area contributed by atoms with E-state index in [0.717, 1.165) is 27.5 Å². The summed E-state index contributed by atoms with van der Waals surface area (Å²) in [6, 6.07) is 25.7. The first-order chi connectivity index (χ1) is 15.1. The molecule has 0 aliphatic rings. The molecule has 4 aromatic rings. The average Bonchev–Trinajstić information content (AvgIpc) is 3.29. The average molecular weight is 429 g/mol. The Morgan fingerprint density at radius 3 is 2.45 bits per heavy atom. The number of thiazole rings is 1. The summed E-state index contributed by atoms with van der Waals surface area (Å²) in [4.78, 5) is 17.1. The van der Waals surface area contributed by atoms with Crippen LogP contribution in [-0.2, 0) is 4.79 Å². The van der Waals surface area contributed by atoms with Crippen molar-refractivity contribution in [3.8, 4) is 27.6 Å². The highest BCUT2D eigenvalue weighted by Crippen LogP contribution is 2.29. The van der Waals surface area contributed by atoms with Crippen LogP contribution in [0.25, 0.3) is 21.8 Å². The third kappa shape index (κ3) is 5.38. The van der Waals surface area contributed by atoms with Gasteiger partial charge in [0, 0.05) is 22.2 Å². The number of rotatable bonds is 7. The van der Waals surface area contributed by atoms with Gasteiger partial charge in [-0.25, -0.2) is 4.98 Å². The van der Waals surface area contributed by atoms with Crippen molar-refractivity contribution < 1.29 is 9.53 Å². The number of anilines is 1. The zero-order valence-electron chi connectivity index (χ0n) is 17.5. The van der Waals surface area contributed by atoms with Crippen LogP contribution >= 0.6 is 11.3 Å². The Morgan fingerprint density at radius 1 is 0.968 bits per heavy atom. The molecule has 0 fully saturated rings. The summed E-state index contributed by atoms with van der Waals surface area (Å²) in [5, 5.41) is 5.91. The van der Waals surface area contributed by atoms with Gasteiger partial charge >= 0.3 is 0 Å². The zero-order valence-corrected chi connectivity index (χ0v) is 18.4. The molecule has 1 amide bonds. The minimum atomic E-state index is -0.201. The van der Waals surface area contributed by atoms with Gasteiger partial charge in [-0.05, 0) is 35.7 Å². The van der Waals surface area contributed by atoms with Crippen LogP contribution in [0.15, 0.2) is 84.2 Å². The standard InChI is InChI=1S/C26H24N2O2S/c1-18(2)19-11-13-23(14-12-19)30-16-25(29)27-22-10-6-9-21(15-22)24-17-31-26(28-24)20-7-4-3-5-8-20/h3-15,17-18H,16H2,1-2H3,(H,27,29). The number of nitrogens with one attached hydrogen (secondary N) is 1. The van der Waals surface area contributed by atoms with E-state index in [1.807, 2.05) is 72.1 Å². The van der Waals surface area contributed by atoms with Gasteiger partial charge in [0.25, 0.3) is 5.91 Å². The summed E-state index contributed by atoms with van der Waals surface area (Å²) < 4.78 is 5.62. The maximum atomic E-state index is 12.3. The number of hydrogen-bond acceptors (Lipinski definition) is 4. The van der Waals surface area contributed by atoms with E-state index in [0.29, 0.717) is 11.7 Å². The van der Waals surface area contributed by atoms with Gasteiger partial charge in [-0.1, -0.05) is 68.4 Å². The fourth-order valence-electron chi connectivity index (χ4n) is 3.17. The maximum Gasteiger partial charge on any atom is 0.262 e. The van der Waals surface area contributed by atoms with Gasteiger partial charge in [-0.15, -0.1) is 11.3 Å². The number of amides is 1. The lowest BCUT2D eigenvalue weighted by molar-refractivity contribution is -0.118. The van der Waals surface area contributed by atoms with Crippen molar-refractivity contribution in [3.63, 3.8) is 0 Å². The summed E-state index contributed by atoms with van der Waals surface area (Å²) in [6.07, 6.45) is 0. The molecule has 0 radical (unpaired) electrons. The first-order valence-corrected chi connectivity index (χ1v) is 11.1. The van der Waals surface area contributed by atoms with E-state index in [1.165, 1.54) is 5.56 Å². The second-order valence-electron chi connectivity index (χ2n) is 7.55. The Kier molecular flexibility index (Phi) is 6.43. The van der Waals surface area contributed by atoms with Crippen molar-refractivity contribution in [2.75, 3.05) is 11.9 Å². The number of hydrogen-bond donors (Lipinski definition) is 1. The van der Waals surface area contributed by atoms with Gasteiger partial charge in [0.15, 0.2) is 6.61 Å². The van der Waals surface area contributed by atoms with Gasteiger partial charge < -0.3 is 10.1 Å². The van der Waals surface area contributed by atoms with E-state index in [-0.39, 0.29) is 12.5 Å². The number of aromatic nitrogens is 1. The second kappa shape index (κ2) is 9.58. The van der Waals surface area contributed by atoms with E-state index in [9.17, 15) is 4.79 Å². The predicted molar refractivity (Wildman–Crippen MR) is 128 cm³/mol. The van der Waals surface area contributed by atoms with E-state index in [4.69, 9.17) is 9.72 Å². The first-order valence-electron chi connectivity index (χ1n) is 10.2. The number of carbonyl (C=O) groups is 1. The SMILES string of the molecule is CC(C)c1ccc(OCC(=O)Nc2cccc(-c3csc(-c4ccccc4)n3)c2)cc1. The molecule has 1 heterocycles. The van der Waals surface area contributed by atoms with E-state index < -0.39 is 0 Å². The van der Waals surface area contributed by atoms with Crippen molar-refractivity contribution in [2.24, 2.45) is 0 Å². The van der Waals surface area contributed by atoms with Gasteiger partial charge in [0.2, 0.25) is 0 Å². The van der Waals surface area contributed by atoms with Crippen LogP contribution in [0.5, 0.6) is 5.75 Å². The Bertz CT molecular complexity index is 1150. The molecule has 156 valence electrons. The number of benzene rings is 3. The maximum absolute atomic E-state index is 12.3. The fraction of sp³-hybridized carbons (Fsp3) is 0.154. The molecular formula is C26H24N2O2S.